The van der Waals surface area contributed by atoms with Gasteiger partial charge in [-0.15, -0.1) is 0 Å². The van der Waals surface area contributed by atoms with Crippen LogP contribution in [0.4, 0.5) is 4.79 Å². The zero-order chi connectivity index (χ0) is 28.6. The fourth-order valence-corrected chi connectivity index (χ4v) is 5.06. The Kier molecular flexibility index (Phi) is 7.77. The number of amides is 1. The molecule has 1 amide bonds. The Labute approximate surface area is 236 Å². The van der Waals surface area contributed by atoms with Gasteiger partial charge in [-0.2, -0.15) is 5.10 Å². The van der Waals surface area contributed by atoms with E-state index >= 15 is 0 Å². The third kappa shape index (κ3) is 5.14. The van der Waals surface area contributed by atoms with Crippen LogP contribution in [0.5, 0.6) is 5.75 Å². The third-order valence-electron chi connectivity index (χ3n) is 6.92. The molecule has 40 heavy (non-hydrogen) atoms. The number of aliphatic hydroxyl groups excluding tert-OH is 1. The molecule has 1 atom stereocenters. The van der Waals surface area contributed by atoms with Crippen LogP contribution >= 0.6 is 11.6 Å². The van der Waals surface area contributed by atoms with Crippen LogP contribution in [0, 0.1) is 20.8 Å². The second-order valence-electron chi connectivity index (χ2n) is 9.79. The quantitative estimate of drug-likeness (QED) is 0.306. The topological polar surface area (TPSA) is 129 Å². The number of aryl methyl sites for hydroxylation is 2. The van der Waals surface area contributed by atoms with E-state index in [-0.39, 0.29) is 6.61 Å². The number of carbonyl (C=O) groups excluding carboxylic acids is 1. The summed E-state index contributed by atoms with van der Waals surface area (Å²) in [5.74, 6) is 2.04. The lowest BCUT2D eigenvalue weighted by atomic mass is 10.0. The highest BCUT2D eigenvalue weighted by atomic mass is 35.5. The molecule has 4 heterocycles. The van der Waals surface area contributed by atoms with Gasteiger partial charge >= 0.3 is 6.09 Å². The first-order valence-electron chi connectivity index (χ1n) is 13.0. The summed E-state index contributed by atoms with van der Waals surface area (Å²) in [6.07, 6.45) is 2.26. The second-order valence-corrected chi connectivity index (χ2v) is 10.2. The van der Waals surface area contributed by atoms with E-state index in [1.54, 1.807) is 34.0 Å². The molecule has 1 N–H and O–H groups in total. The largest absolute Gasteiger partial charge is 0.491 e. The van der Waals surface area contributed by atoms with Crippen LogP contribution in [-0.2, 0) is 17.8 Å². The van der Waals surface area contributed by atoms with Crippen molar-refractivity contribution < 1.29 is 23.9 Å². The number of rotatable bonds is 8. The highest BCUT2D eigenvalue weighted by molar-refractivity contribution is 6.33. The van der Waals surface area contributed by atoms with Gasteiger partial charge in [0.1, 0.15) is 18.1 Å². The van der Waals surface area contributed by atoms with Crippen molar-refractivity contribution in [2.75, 3.05) is 13.7 Å². The lowest BCUT2D eigenvalue weighted by molar-refractivity contribution is 0.0994. The number of benzene rings is 1. The van der Waals surface area contributed by atoms with Gasteiger partial charge in [-0.3, -0.25) is 4.90 Å². The van der Waals surface area contributed by atoms with E-state index in [4.69, 9.17) is 35.6 Å². The second kappa shape index (κ2) is 11.3. The van der Waals surface area contributed by atoms with Crippen LogP contribution in [0.2, 0.25) is 5.02 Å². The molecule has 0 fully saturated rings. The molecule has 12 heteroatoms. The van der Waals surface area contributed by atoms with Gasteiger partial charge in [-0.1, -0.05) is 30.1 Å². The maximum atomic E-state index is 12.2. The molecule has 0 saturated carbocycles. The number of hydrogen-bond acceptors (Lipinski definition) is 9. The van der Waals surface area contributed by atoms with Crippen LogP contribution in [0.3, 0.4) is 0 Å². The van der Waals surface area contributed by atoms with Gasteiger partial charge in [-0.05, 0) is 45.4 Å². The molecule has 1 aliphatic rings. The smallest absolute Gasteiger partial charge is 0.410 e. The zero-order valence-electron chi connectivity index (χ0n) is 23.1. The van der Waals surface area contributed by atoms with Gasteiger partial charge in [0.05, 0.1) is 60.2 Å². The molecule has 210 valence electrons. The van der Waals surface area contributed by atoms with Gasteiger partial charge in [0.25, 0.3) is 0 Å². The van der Waals surface area contributed by atoms with E-state index in [1.165, 1.54) is 7.11 Å². The Morgan fingerprint density at radius 2 is 2.02 bits per heavy atom. The summed E-state index contributed by atoms with van der Waals surface area (Å²) in [5, 5.41) is 19.3. The minimum Gasteiger partial charge on any atom is -0.491 e. The van der Waals surface area contributed by atoms with E-state index < -0.39 is 12.2 Å². The molecule has 4 aromatic rings. The fourth-order valence-electron chi connectivity index (χ4n) is 4.86. The predicted molar refractivity (Wildman–Crippen MR) is 147 cm³/mol. The highest BCUT2D eigenvalue weighted by Crippen LogP contribution is 2.36. The summed E-state index contributed by atoms with van der Waals surface area (Å²) in [7, 11) is 1.36. The van der Waals surface area contributed by atoms with E-state index in [2.05, 4.69) is 10.3 Å². The average molecular weight is 567 g/mol. The summed E-state index contributed by atoms with van der Waals surface area (Å²) in [6.45, 7) is 8.49. The molecule has 0 spiro atoms. The Bertz CT molecular complexity index is 1550. The molecular formula is C28H31ClN6O5. The molecular weight excluding hydrogens is 536 g/mol. The monoisotopic (exact) mass is 566 g/mol. The van der Waals surface area contributed by atoms with Gasteiger partial charge in [-0.25, -0.2) is 19.4 Å². The fraction of sp³-hybridized carbons (Fsp3) is 0.393. The first kappa shape index (κ1) is 27.6. The minimum absolute atomic E-state index is 0.162. The lowest BCUT2D eigenvalue weighted by Crippen LogP contribution is -2.26. The van der Waals surface area contributed by atoms with Crippen molar-refractivity contribution in [1.82, 2.24) is 29.8 Å². The zero-order valence-corrected chi connectivity index (χ0v) is 23.8. The maximum absolute atomic E-state index is 12.2. The van der Waals surface area contributed by atoms with Crippen LogP contribution in [0.25, 0.3) is 28.5 Å². The van der Waals surface area contributed by atoms with E-state index in [9.17, 15) is 9.90 Å². The Balaban J connectivity index is 1.64. The number of methoxy groups -OCH3 is 1. The van der Waals surface area contributed by atoms with E-state index in [0.29, 0.717) is 64.6 Å². The molecule has 0 saturated heterocycles. The first-order chi connectivity index (χ1) is 19.2. The van der Waals surface area contributed by atoms with Crippen LogP contribution in [0.15, 0.2) is 28.9 Å². The summed E-state index contributed by atoms with van der Waals surface area (Å²) in [4.78, 5) is 23.7. The average Bonchev–Trinajstić information content (AvgIpc) is 3.63. The van der Waals surface area contributed by atoms with Crippen LogP contribution in [-0.4, -0.2) is 60.8 Å². The summed E-state index contributed by atoms with van der Waals surface area (Å²) < 4.78 is 18.0. The maximum Gasteiger partial charge on any atom is 0.410 e. The number of halogens is 1. The van der Waals surface area contributed by atoms with Crippen molar-refractivity contribution in [1.29, 1.82) is 0 Å². The number of carbonyl (C=O) groups is 1. The first-order valence-corrected chi connectivity index (χ1v) is 13.4. The molecule has 5 rings (SSSR count). The minimum atomic E-state index is -0.566. The van der Waals surface area contributed by atoms with Crippen molar-refractivity contribution in [3.05, 3.63) is 57.7 Å². The highest BCUT2D eigenvalue weighted by Gasteiger charge is 2.30. The lowest BCUT2D eigenvalue weighted by Gasteiger charge is -2.17. The summed E-state index contributed by atoms with van der Waals surface area (Å²) in [5.41, 5.74) is 5.12. The van der Waals surface area contributed by atoms with Gasteiger partial charge in [0.2, 0.25) is 0 Å². The van der Waals surface area contributed by atoms with Crippen molar-refractivity contribution in [2.45, 2.75) is 59.7 Å². The molecule has 3 aromatic heterocycles. The molecule has 0 aliphatic carbocycles. The van der Waals surface area contributed by atoms with Gasteiger partial charge < -0.3 is 19.1 Å². The van der Waals surface area contributed by atoms with E-state index in [0.717, 1.165) is 28.8 Å². The SMILES string of the molecule is CCC[C@@H](O)COc1ccc(Cl)c(-c2nc(-c3c(C)noc3C)c(C)c(-n3ncc4c3CN(C(=O)OC)C4)n2)c1. The van der Waals surface area contributed by atoms with Crippen LogP contribution < -0.4 is 4.74 Å². The summed E-state index contributed by atoms with van der Waals surface area (Å²) >= 11 is 6.67. The number of aromatic nitrogens is 5. The van der Waals surface area contributed by atoms with Crippen molar-refractivity contribution in [3.8, 4) is 34.2 Å². The molecule has 1 aromatic carbocycles. The normalized spacial score (nSPS) is 13.4. The number of ether oxygens (including phenoxy) is 2. The van der Waals surface area contributed by atoms with Gasteiger partial charge in [0, 0.05) is 16.7 Å². The number of nitrogens with zero attached hydrogens (tertiary/aromatic N) is 6. The molecule has 0 unspecified atom stereocenters. The van der Waals surface area contributed by atoms with E-state index in [1.807, 2.05) is 27.7 Å². The summed E-state index contributed by atoms with van der Waals surface area (Å²) in [6, 6.07) is 5.23. The predicted octanol–water partition coefficient (Wildman–Crippen LogP) is 5.18. The number of fused-ring (bicyclic) bond motifs is 1. The number of aliphatic hydroxyl groups is 1. The molecule has 1 aliphatic heterocycles. The standard InChI is InChI=1S/C28H31ClN6O5/c1-6-7-19(36)14-39-20-8-9-22(29)21(10-20)26-31-25(24-16(3)33-40-17(24)4)15(2)27(32-26)35-23-13-34(28(37)38-5)12-18(23)11-30-35/h8-11,19,36H,6-7,12-14H2,1-5H3/t19-/m1/s1. The van der Waals surface area contributed by atoms with Crippen molar-refractivity contribution in [3.63, 3.8) is 0 Å². The number of hydrogen-bond donors (Lipinski definition) is 1. The van der Waals surface area contributed by atoms with Gasteiger partial charge in [0.15, 0.2) is 11.6 Å². The molecule has 11 nitrogen and oxygen atoms in total. The third-order valence-corrected chi connectivity index (χ3v) is 7.25. The Morgan fingerprint density at radius 1 is 1.23 bits per heavy atom. The Hall–Kier alpha value is -3.96. The van der Waals surface area contributed by atoms with Crippen molar-refractivity contribution in [2.24, 2.45) is 0 Å². The molecule has 0 radical (unpaired) electrons. The van der Waals surface area contributed by atoms with Crippen LogP contribution in [0.1, 0.15) is 48.0 Å². The molecule has 0 bridgehead atoms. The Morgan fingerprint density at radius 3 is 2.73 bits per heavy atom. The van der Waals surface area contributed by atoms with Crippen molar-refractivity contribution >= 4 is 17.7 Å².